The third-order valence-corrected chi connectivity index (χ3v) is 4.57. The van der Waals surface area contributed by atoms with E-state index in [0.717, 1.165) is 10.6 Å². The van der Waals surface area contributed by atoms with E-state index in [4.69, 9.17) is 9.15 Å². The number of fused-ring (bicyclic) bond motifs is 1. The van der Waals surface area contributed by atoms with Gasteiger partial charge in [-0.2, -0.15) is 4.98 Å². The molecule has 0 aliphatic carbocycles. The number of para-hydroxylation sites is 3. The Kier molecular flexibility index (Phi) is 3.95. The van der Waals surface area contributed by atoms with E-state index in [-0.39, 0.29) is 6.01 Å². The van der Waals surface area contributed by atoms with E-state index in [0.29, 0.717) is 22.3 Å². The summed E-state index contributed by atoms with van der Waals surface area (Å²) in [4.78, 5) is 17.5. The van der Waals surface area contributed by atoms with Gasteiger partial charge < -0.3 is 14.5 Å². The van der Waals surface area contributed by atoms with Crippen LogP contribution in [0.25, 0.3) is 10.9 Å². The number of benzene rings is 2. The lowest BCUT2D eigenvalue weighted by atomic mass is 10.3. The summed E-state index contributed by atoms with van der Waals surface area (Å²) in [6.45, 7) is 1.88. The first kappa shape index (κ1) is 15.4. The largest absolute Gasteiger partial charge is 0.455 e. The quantitative estimate of drug-likeness (QED) is 0.555. The molecule has 0 fully saturated rings. The number of thiophene rings is 1. The SMILES string of the molecule is Cc1scc2nc(Nc3ccccc3Oc3ccccc3)oc(=O)c12. The van der Waals surface area contributed by atoms with Gasteiger partial charge in [-0.25, -0.2) is 4.79 Å². The molecule has 0 bridgehead atoms. The second-order valence-corrected chi connectivity index (χ2v) is 6.48. The molecular weight excluding hydrogens is 336 g/mol. The summed E-state index contributed by atoms with van der Waals surface area (Å²) >= 11 is 1.48. The predicted octanol–water partition coefficient (Wildman–Crippen LogP) is 5.09. The predicted molar refractivity (Wildman–Crippen MR) is 99.1 cm³/mol. The molecule has 0 radical (unpaired) electrons. The van der Waals surface area contributed by atoms with Crippen LogP contribution in [0.2, 0.25) is 0 Å². The molecule has 0 aliphatic heterocycles. The zero-order chi connectivity index (χ0) is 17.2. The van der Waals surface area contributed by atoms with Gasteiger partial charge in [-0.15, -0.1) is 11.3 Å². The molecule has 124 valence electrons. The van der Waals surface area contributed by atoms with Crippen LogP contribution in [-0.2, 0) is 0 Å². The van der Waals surface area contributed by atoms with Gasteiger partial charge in [0.15, 0.2) is 5.75 Å². The Bertz CT molecular complexity index is 1090. The first-order valence-electron chi connectivity index (χ1n) is 7.68. The van der Waals surface area contributed by atoms with Crippen LogP contribution in [0.4, 0.5) is 11.7 Å². The topological polar surface area (TPSA) is 64.4 Å². The molecule has 0 saturated carbocycles. The van der Waals surface area contributed by atoms with Gasteiger partial charge >= 0.3 is 11.6 Å². The Morgan fingerprint density at radius 2 is 1.84 bits per heavy atom. The third-order valence-electron chi connectivity index (χ3n) is 3.67. The number of nitrogens with one attached hydrogen (secondary N) is 1. The summed E-state index contributed by atoms with van der Waals surface area (Å²) in [5.41, 5.74) is 0.892. The first-order valence-corrected chi connectivity index (χ1v) is 8.56. The second kappa shape index (κ2) is 6.41. The van der Waals surface area contributed by atoms with Gasteiger partial charge in [0.25, 0.3) is 0 Å². The van der Waals surface area contributed by atoms with Crippen LogP contribution in [0.5, 0.6) is 11.5 Å². The Labute approximate surface area is 147 Å². The highest BCUT2D eigenvalue weighted by Crippen LogP contribution is 2.31. The van der Waals surface area contributed by atoms with Gasteiger partial charge in [0, 0.05) is 10.3 Å². The van der Waals surface area contributed by atoms with Gasteiger partial charge in [0.1, 0.15) is 5.75 Å². The summed E-state index contributed by atoms with van der Waals surface area (Å²) in [7, 11) is 0. The summed E-state index contributed by atoms with van der Waals surface area (Å²) in [5, 5.41) is 5.42. The molecule has 2 heterocycles. The van der Waals surface area contributed by atoms with Gasteiger partial charge in [0.05, 0.1) is 16.6 Å². The average Bonchev–Trinajstić information content (AvgIpc) is 2.99. The maximum absolute atomic E-state index is 12.2. The monoisotopic (exact) mass is 350 g/mol. The highest BCUT2D eigenvalue weighted by molar-refractivity contribution is 7.11. The molecule has 0 amide bonds. The number of nitrogens with zero attached hydrogens (tertiary/aromatic N) is 1. The van der Waals surface area contributed by atoms with Crippen LogP contribution >= 0.6 is 11.3 Å². The minimum Gasteiger partial charge on any atom is -0.455 e. The minimum atomic E-state index is -0.396. The lowest BCUT2D eigenvalue weighted by Gasteiger charge is -2.11. The van der Waals surface area contributed by atoms with Crippen LogP contribution in [0, 0.1) is 6.92 Å². The molecule has 0 atom stereocenters. The summed E-state index contributed by atoms with van der Waals surface area (Å²) in [6.07, 6.45) is 0. The smallest absolute Gasteiger partial charge is 0.349 e. The number of rotatable bonds is 4. The van der Waals surface area contributed by atoms with Crippen LogP contribution in [0.1, 0.15) is 4.88 Å². The van der Waals surface area contributed by atoms with E-state index in [9.17, 15) is 4.79 Å². The fraction of sp³-hybridized carbons (Fsp3) is 0.0526. The van der Waals surface area contributed by atoms with Crippen LogP contribution < -0.4 is 15.7 Å². The molecular formula is C19H14N2O3S. The van der Waals surface area contributed by atoms with Crippen molar-refractivity contribution < 1.29 is 9.15 Å². The van der Waals surface area contributed by atoms with Gasteiger partial charge in [0.2, 0.25) is 0 Å². The molecule has 0 unspecified atom stereocenters. The summed E-state index contributed by atoms with van der Waals surface area (Å²) in [5.74, 6) is 1.33. The van der Waals surface area contributed by atoms with E-state index in [1.54, 1.807) is 0 Å². The highest BCUT2D eigenvalue weighted by Gasteiger charge is 2.12. The fourth-order valence-corrected chi connectivity index (χ4v) is 3.25. The van der Waals surface area contributed by atoms with Gasteiger partial charge in [-0.05, 0) is 31.2 Å². The molecule has 0 spiro atoms. The third kappa shape index (κ3) is 3.12. The lowest BCUT2D eigenvalue weighted by Crippen LogP contribution is -2.05. The fourth-order valence-electron chi connectivity index (χ4n) is 2.49. The number of aromatic nitrogens is 1. The molecule has 25 heavy (non-hydrogen) atoms. The van der Waals surface area contributed by atoms with E-state index < -0.39 is 5.63 Å². The molecule has 6 heteroatoms. The molecule has 2 aromatic carbocycles. The van der Waals surface area contributed by atoms with E-state index in [1.165, 1.54) is 11.3 Å². The molecule has 2 aromatic heterocycles. The Morgan fingerprint density at radius 1 is 1.08 bits per heavy atom. The van der Waals surface area contributed by atoms with E-state index in [2.05, 4.69) is 10.3 Å². The van der Waals surface area contributed by atoms with Gasteiger partial charge in [-0.1, -0.05) is 30.3 Å². The number of hydrogen-bond donors (Lipinski definition) is 1. The van der Waals surface area contributed by atoms with Crippen LogP contribution in [0.3, 0.4) is 0 Å². The van der Waals surface area contributed by atoms with Crippen molar-refractivity contribution >= 4 is 33.9 Å². The maximum atomic E-state index is 12.2. The lowest BCUT2D eigenvalue weighted by molar-refractivity contribution is 0.482. The Morgan fingerprint density at radius 3 is 2.68 bits per heavy atom. The van der Waals surface area contributed by atoms with Crippen molar-refractivity contribution in [1.82, 2.24) is 4.98 Å². The standard InChI is InChI=1S/C19H14N2O3S/c1-12-17-15(11-25-12)21-19(24-18(17)22)20-14-9-5-6-10-16(14)23-13-7-3-2-4-8-13/h2-11H,1H3,(H,20,21). The van der Waals surface area contributed by atoms with Crippen molar-refractivity contribution in [2.75, 3.05) is 5.32 Å². The van der Waals surface area contributed by atoms with E-state index >= 15 is 0 Å². The zero-order valence-corrected chi connectivity index (χ0v) is 14.2. The number of anilines is 2. The average molecular weight is 350 g/mol. The summed E-state index contributed by atoms with van der Waals surface area (Å²) < 4.78 is 11.2. The molecule has 0 saturated heterocycles. The normalized spacial score (nSPS) is 10.8. The number of ether oxygens (including phenoxy) is 1. The van der Waals surface area contributed by atoms with Crippen LogP contribution in [0.15, 0.2) is 69.2 Å². The second-order valence-electron chi connectivity index (χ2n) is 5.39. The molecule has 4 rings (SSSR count). The summed E-state index contributed by atoms with van der Waals surface area (Å²) in [6, 6.07) is 17.0. The molecule has 5 nitrogen and oxygen atoms in total. The number of aryl methyl sites for hydroxylation is 1. The maximum Gasteiger partial charge on any atom is 0.349 e. The highest BCUT2D eigenvalue weighted by atomic mass is 32.1. The minimum absolute atomic E-state index is 0.138. The van der Waals surface area contributed by atoms with Crippen molar-refractivity contribution in [3.63, 3.8) is 0 Å². The number of hydrogen-bond acceptors (Lipinski definition) is 6. The van der Waals surface area contributed by atoms with Crippen molar-refractivity contribution in [1.29, 1.82) is 0 Å². The Balaban J connectivity index is 1.68. The van der Waals surface area contributed by atoms with Crippen molar-refractivity contribution in [2.24, 2.45) is 0 Å². The van der Waals surface area contributed by atoms with E-state index in [1.807, 2.05) is 66.9 Å². The Hall–Kier alpha value is -3.12. The van der Waals surface area contributed by atoms with Crippen molar-refractivity contribution in [2.45, 2.75) is 6.92 Å². The molecule has 4 aromatic rings. The van der Waals surface area contributed by atoms with Crippen molar-refractivity contribution in [3.05, 3.63) is 75.3 Å². The van der Waals surface area contributed by atoms with Crippen molar-refractivity contribution in [3.8, 4) is 11.5 Å². The molecule has 1 N–H and O–H groups in total. The van der Waals surface area contributed by atoms with Gasteiger partial charge in [-0.3, -0.25) is 0 Å². The first-order chi connectivity index (χ1) is 12.2. The van der Waals surface area contributed by atoms with Crippen LogP contribution in [-0.4, -0.2) is 4.98 Å². The zero-order valence-electron chi connectivity index (χ0n) is 13.4. The molecule has 0 aliphatic rings.